The third kappa shape index (κ3) is 4.04. The summed E-state index contributed by atoms with van der Waals surface area (Å²) in [5, 5.41) is 4.30. The van der Waals surface area contributed by atoms with E-state index in [9.17, 15) is 8.42 Å². The van der Waals surface area contributed by atoms with Crippen molar-refractivity contribution in [3.63, 3.8) is 0 Å². The number of rotatable bonds is 7. The van der Waals surface area contributed by atoms with Gasteiger partial charge in [-0.05, 0) is 42.5 Å². The molecule has 0 radical (unpaired) electrons. The molecule has 1 saturated heterocycles. The Morgan fingerprint density at radius 2 is 2.10 bits per heavy atom. The zero-order valence-electron chi connectivity index (χ0n) is 17.6. The average Bonchev–Trinajstić information content (AvgIpc) is 3.49. The monoisotopic (exact) mass is 474 g/mol. The van der Waals surface area contributed by atoms with Crippen LogP contribution in [0.4, 0.5) is 5.69 Å². The molecule has 2 aromatic heterocycles. The number of thioether (sulfide) groups is 1. The molecular formula is C22H26N4O2S3. The van der Waals surface area contributed by atoms with Crippen LogP contribution in [-0.4, -0.2) is 61.8 Å². The molecule has 6 nitrogen and oxygen atoms in total. The summed E-state index contributed by atoms with van der Waals surface area (Å²) >= 11 is 3.07. The SMILES string of the molecule is CC1CN(CCC2CN=C(c3cc4cccc(N(C)S(=O)(=O)c5cccs5)c4[nH]3)S2)C1. The number of aromatic amines is 1. The first-order valence-corrected chi connectivity index (χ1v) is 13.7. The van der Waals surface area contributed by atoms with Crippen molar-refractivity contribution in [2.24, 2.45) is 10.9 Å². The number of H-pyrrole nitrogens is 1. The molecule has 0 spiro atoms. The third-order valence-electron chi connectivity index (χ3n) is 5.94. The predicted molar refractivity (Wildman–Crippen MR) is 131 cm³/mol. The van der Waals surface area contributed by atoms with E-state index in [1.54, 1.807) is 24.6 Å². The van der Waals surface area contributed by atoms with Crippen LogP contribution in [0.25, 0.3) is 10.9 Å². The number of nitrogens with one attached hydrogen (secondary N) is 1. The number of anilines is 1. The largest absolute Gasteiger partial charge is 0.351 e. The minimum Gasteiger partial charge on any atom is -0.351 e. The van der Waals surface area contributed by atoms with Gasteiger partial charge in [0, 0.05) is 30.8 Å². The molecule has 2 aliphatic heterocycles. The van der Waals surface area contributed by atoms with Crippen LogP contribution < -0.4 is 4.31 Å². The highest BCUT2D eigenvalue weighted by Crippen LogP contribution is 2.34. The van der Waals surface area contributed by atoms with Crippen molar-refractivity contribution in [1.82, 2.24) is 9.88 Å². The van der Waals surface area contributed by atoms with E-state index in [0.29, 0.717) is 15.1 Å². The number of hydrogen-bond acceptors (Lipinski definition) is 6. The maximum absolute atomic E-state index is 13.0. The molecule has 3 aromatic rings. The van der Waals surface area contributed by atoms with E-state index in [0.717, 1.165) is 47.1 Å². The van der Waals surface area contributed by atoms with Gasteiger partial charge in [0.25, 0.3) is 10.0 Å². The minimum atomic E-state index is -3.58. The first kappa shape index (κ1) is 21.1. The fourth-order valence-corrected chi connectivity index (χ4v) is 7.69. The quantitative estimate of drug-likeness (QED) is 0.556. The van der Waals surface area contributed by atoms with E-state index >= 15 is 0 Å². The summed E-state index contributed by atoms with van der Waals surface area (Å²) in [6, 6.07) is 11.2. The Kier molecular flexibility index (Phi) is 5.62. The average molecular weight is 475 g/mol. The molecule has 0 amide bonds. The summed E-state index contributed by atoms with van der Waals surface area (Å²) in [4.78, 5) is 10.8. The van der Waals surface area contributed by atoms with Crippen LogP contribution in [0.1, 0.15) is 19.0 Å². The first-order valence-electron chi connectivity index (χ1n) is 10.5. The summed E-state index contributed by atoms with van der Waals surface area (Å²) in [6.07, 6.45) is 1.15. The van der Waals surface area contributed by atoms with Crippen molar-refractivity contribution < 1.29 is 8.42 Å². The lowest BCUT2D eigenvalue weighted by molar-refractivity contribution is 0.112. The highest BCUT2D eigenvalue weighted by atomic mass is 32.2. The van der Waals surface area contributed by atoms with Crippen LogP contribution in [0.2, 0.25) is 0 Å². The number of aromatic nitrogens is 1. The number of benzene rings is 1. The smallest absolute Gasteiger partial charge is 0.273 e. The van der Waals surface area contributed by atoms with Gasteiger partial charge in [0.05, 0.1) is 23.4 Å². The van der Waals surface area contributed by atoms with E-state index in [-0.39, 0.29) is 0 Å². The Labute approximate surface area is 191 Å². The van der Waals surface area contributed by atoms with Crippen molar-refractivity contribution >= 4 is 54.8 Å². The van der Waals surface area contributed by atoms with Gasteiger partial charge in [-0.15, -0.1) is 11.3 Å². The molecule has 4 heterocycles. The van der Waals surface area contributed by atoms with Gasteiger partial charge in [0.15, 0.2) is 0 Å². The van der Waals surface area contributed by atoms with Crippen LogP contribution in [0.15, 0.2) is 51.0 Å². The van der Waals surface area contributed by atoms with Gasteiger partial charge in [-0.1, -0.05) is 36.9 Å². The minimum absolute atomic E-state index is 0.342. The molecule has 0 bridgehead atoms. The lowest BCUT2D eigenvalue weighted by atomic mass is 10.0. The van der Waals surface area contributed by atoms with E-state index in [4.69, 9.17) is 4.99 Å². The molecule has 1 atom stereocenters. The van der Waals surface area contributed by atoms with Gasteiger partial charge < -0.3 is 9.88 Å². The van der Waals surface area contributed by atoms with Crippen molar-refractivity contribution in [3.05, 3.63) is 47.5 Å². The highest BCUT2D eigenvalue weighted by Gasteiger charge is 2.27. The van der Waals surface area contributed by atoms with Crippen molar-refractivity contribution in [2.75, 3.05) is 37.5 Å². The van der Waals surface area contributed by atoms with Crippen molar-refractivity contribution in [2.45, 2.75) is 22.8 Å². The van der Waals surface area contributed by atoms with Gasteiger partial charge in [-0.2, -0.15) is 0 Å². The Morgan fingerprint density at radius 1 is 1.26 bits per heavy atom. The summed E-state index contributed by atoms with van der Waals surface area (Å²) in [6.45, 7) is 6.73. The molecule has 2 aliphatic rings. The normalized spacial score (nSPS) is 20.2. The standard InChI is InChI=1S/C22H26N4O2S3/c1-15-13-26(14-15)9-8-17-12-23-22(30-17)18-11-16-5-3-6-19(21(16)24-18)25(2)31(27,28)20-7-4-10-29-20/h3-7,10-11,15,17,24H,8-9,12-14H2,1-2H3. The molecule has 0 aliphatic carbocycles. The molecule has 31 heavy (non-hydrogen) atoms. The van der Waals surface area contributed by atoms with Gasteiger partial charge in [0.2, 0.25) is 0 Å². The van der Waals surface area contributed by atoms with Crippen molar-refractivity contribution in [1.29, 1.82) is 0 Å². The Bertz CT molecular complexity index is 1210. The topological polar surface area (TPSA) is 68.8 Å². The highest BCUT2D eigenvalue weighted by molar-refractivity contribution is 8.15. The second kappa shape index (κ2) is 8.27. The fraction of sp³-hybridized carbons (Fsp3) is 0.409. The lowest BCUT2D eigenvalue weighted by Gasteiger charge is -2.37. The Balaban J connectivity index is 1.34. The van der Waals surface area contributed by atoms with Crippen LogP contribution in [0.5, 0.6) is 0 Å². The molecule has 9 heteroatoms. The van der Waals surface area contributed by atoms with Gasteiger partial charge in [0.1, 0.15) is 9.25 Å². The second-order valence-corrected chi connectivity index (χ2v) is 12.8. The number of fused-ring (bicyclic) bond motifs is 1. The summed E-state index contributed by atoms with van der Waals surface area (Å²) < 4.78 is 27.7. The molecule has 1 unspecified atom stereocenters. The maximum Gasteiger partial charge on any atom is 0.273 e. The van der Waals surface area contributed by atoms with Gasteiger partial charge in [-0.25, -0.2) is 8.42 Å². The lowest BCUT2D eigenvalue weighted by Crippen LogP contribution is -2.45. The number of aliphatic imine (C=N–C) groups is 1. The van der Waals surface area contributed by atoms with Gasteiger partial charge >= 0.3 is 0 Å². The molecule has 1 aromatic carbocycles. The summed E-state index contributed by atoms with van der Waals surface area (Å²) in [5.41, 5.74) is 2.43. The molecule has 164 valence electrons. The van der Waals surface area contributed by atoms with Crippen molar-refractivity contribution in [3.8, 4) is 0 Å². The van der Waals surface area contributed by atoms with E-state index in [1.807, 2.05) is 30.0 Å². The first-order chi connectivity index (χ1) is 14.9. The summed E-state index contributed by atoms with van der Waals surface area (Å²) in [5.74, 6) is 0.838. The van der Waals surface area contributed by atoms with E-state index in [2.05, 4.69) is 22.9 Å². The molecule has 1 fully saturated rings. The Hall–Kier alpha value is -1.81. The number of likely N-dealkylation sites (tertiary alicyclic amines) is 1. The fourth-order valence-electron chi connectivity index (χ4n) is 4.25. The number of hydrogen-bond donors (Lipinski definition) is 1. The van der Waals surface area contributed by atoms with E-state index < -0.39 is 10.0 Å². The van der Waals surface area contributed by atoms with Gasteiger partial charge in [-0.3, -0.25) is 9.30 Å². The van der Waals surface area contributed by atoms with E-state index in [1.165, 1.54) is 28.7 Å². The zero-order chi connectivity index (χ0) is 21.6. The Morgan fingerprint density at radius 3 is 2.84 bits per heavy atom. The second-order valence-electron chi connectivity index (χ2n) is 8.37. The third-order valence-corrected chi connectivity index (χ3v) is 10.4. The van der Waals surface area contributed by atoms with Crippen LogP contribution in [-0.2, 0) is 10.0 Å². The molecule has 5 rings (SSSR count). The summed E-state index contributed by atoms with van der Waals surface area (Å²) in [7, 11) is -1.97. The molecule has 0 saturated carbocycles. The molecule has 1 N–H and O–H groups in total. The number of para-hydroxylation sites is 1. The number of nitrogens with zero attached hydrogens (tertiary/aromatic N) is 3. The zero-order valence-corrected chi connectivity index (χ0v) is 20.1. The number of thiophene rings is 1. The molecular weight excluding hydrogens is 448 g/mol. The predicted octanol–water partition coefficient (Wildman–Crippen LogP) is 4.26. The van der Waals surface area contributed by atoms with Crippen LogP contribution >= 0.6 is 23.1 Å². The van der Waals surface area contributed by atoms with Crippen LogP contribution in [0.3, 0.4) is 0 Å². The number of sulfonamides is 1. The van der Waals surface area contributed by atoms with Crippen LogP contribution in [0, 0.1) is 5.92 Å². The maximum atomic E-state index is 13.0.